The first-order valence-electron chi connectivity index (χ1n) is 8.78. The van der Waals surface area contributed by atoms with Crippen LogP contribution in [0.3, 0.4) is 0 Å². The summed E-state index contributed by atoms with van der Waals surface area (Å²) < 4.78 is 39.2. The first kappa shape index (κ1) is 17.6. The van der Waals surface area contributed by atoms with E-state index in [4.69, 9.17) is 0 Å². The van der Waals surface area contributed by atoms with Crippen molar-refractivity contribution in [3.05, 3.63) is 59.7 Å². The van der Waals surface area contributed by atoms with Crippen LogP contribution in [0.4, 0.5) is 13.2 Å². The van der Waals surface area contributed by atoms with Crippen molar-refractivity contribution in [1.82, 2.24) is 4.98 Å². The summed E-state index contributed by atoms with van der Waals surface area (Å²) >= 11 is 0. The largest absolute Gasteiger partial charge is 0.416 e. The second-order valence-corrected chi connectivity index (χ2v) is 6.41. The molecule has 0 aliphatic rings. The lowest BCUT2D eigenvalue weighted by Gasteiger charge is -2.10. The maximum absolute atomic E-state index is 13.1. The second kappa shape index (κ2) is 7.34. The Hall–Kier alpha value is -2.23. The minimum atomic E-state index is -4.33. The number of aryl methyl sites for hydroxylation is 1. The summed E-state index contributed by atoms with van der Waals surface area (Å²) in [5.41, 5.74) is 2.88. The smallest absolute Gasteiger partial charge is 0.354 e. The van der Waals surface area contributed by atoms with Crippen LogP contribution in [0.15, 0.2) is 48.5 Å². The Morgan fingerprint density at radius 2 is 1.72 bits per heavy atom. The fourth-order valence-electron chi connectivity index (χ4n) is 3.29. The molecule has 0 aliphatic heterocycles. The summed E-state index contributed by atoms with van der Waals surface area (Å²) in [6.07, 6.45) is 1.06. The number of alkyl halides is 3. The van der Waals surface area contributed by atoms with Gasteiger partial charge in [-0.3, -0.25) is 0 Å². The lowest BCUT2D eigenvalue weighted by molar-refractivity contribution is -0.137. The van der Waals surface area contributed by atoms with E-state index in [9.17, 15) is 13.2 Å². The van der Waals surface area contributed by atoms with E-state index in [1.54, 1.807) is 6.07 Å². The molecule has 0 amide bonds. The maximum atomic E-state index is 13.1. The minimum absolute atomic E-state index is 0.594. The number of nitrogens with one attached hydrogen (secondary N) is 1. The zero-order valence-electron chi connectivity index (χ0n) is 14.3. The highest BCUT2D eigenvalue weighted by Gasteiger charge is 2.30. The van der Waals surface area contributed by atoms with Gasteiger partial charge in [-0.05, 0) is 42.2 Å². The van der Waals surface area contributed by atoms with Gasteiger partial charge in [-0.25, -0.2) is 0 Å². The highest BCUT2D eigenvalue weighted by molar-refractivity contribution is 5.90. The minimum Gasteiger partial charge on any atom is -0.354 e. The molecule has 0 unspecified atom stereocenters. The first-order chi connectivity index (χ1) is 12.0. The molecule has 0 aliphatic carbocycles. The number of benzene rings is 2. The number of aromatic nitrogens is 1. The molecule has 2 aromatic carbocycles. The van der Waals surface area contributed by atoms with Gasteiger partial charge < -0.3 is 4.98 Å². The summed E-state index contributed by atoms with van der Waals surface area (Å²) in [5, 5.41) is 1.10. The molecule has 3 aromatic rings. The molecule has 0 saturated heterocycles. The highest BCUT2D eigenvalue weighted by atomic mass is 19.4. The van der Waals surface area contributed by atoms with Gasteiger partial charge in [0.2, 0.25) is 0 Å². The van der Waals surface area contributed by atoms with Crippen molar-refractivity contribution in [3.8, 4) is 11.3 Å². The molecule has 0 spiro atoms. The Balaban J connectivity index is 2.03. The molecule has 0 atom stereocenters. The average Bonchev–Trinajstić information content (AvgIpc) is 2.97. The number of H-pyrrole nitrogens is 1. The topological polar surface area (TPSA) is 15.8 Å². The molecule has 3 rings (SSSR count). The lowest BCUT2D eigenvalue weighted by atomic mass is 9.98. The number of hydrogen-bond donors (Lipinski definition) is 1. The van der Waals surface area contributed by atoms with Gasteiger partial charge in [0.1, 0.15) is 0 Å². The predicted octanol–water partition coefficient (Wildman–Crippen LogP) is 6.98. The van der Waals surface area contributed by atoms with E-state index in [0.717, 1.165) is 53.9 Å². The molecule has 1 N–H and O–H groups in total. The van der Waals surface area contributed by atoms with Gasteiger partial charge in [-0.2, -0.15) is 13.2 Å². The van der Waals surface area contributed by atoms with Gasteiger partial charge in [-0.1, -0.05) is 56.5 Å². The van der Waals surface area contributed by atoms with Gasteiger partial charge in [0.15, 0.2) is 0 Å². The summed E-state index contributed by atoms with van der Waals surface area (Å²) in [6.45, 7) is 2.17. The molecule has 25 heavy (non-hydrogen) atoms. The predicted molar refractivity (Wildman–Crippen MR) is 96.6 cm³/mol. The number of aromatic amines is 1. The summed E-state index contributed by atoms with van der Waals surface area (Å²) in [6, 6.07) is 13.5. The Labute approximate surface area is 145 Å². The third-order valence-corrected chi connectivity index (χ3v) is 4.57. The normalized spacial score (nSPS) is 12.0. The molecule has 0 fully saturated rings. The summed E-state index contributed by atoms with van der Waals surface area (Å²) in [5.74, 6) is 0. The first-order valence-corrected chi connectivity index (χ1v) is 8.78. The van der Waals surface area contributed by atoms with Gasteiger partial charge in [0.05, 0.1) is 5.56 Å². The van der Waals surface area contributed by atoms with E-state index in [0.29, 0.717) is 5.56 Å². The molecule has 132 valence electrons. The van der Waals surface area contributed by atoms with E-state index in [1.807, 2.05) is 24.3 Å². The molecule has 1 nitrogen and oxygen atoms in total. The summed E-state index contributed by atoms with van der Waals surface area (Å²) in [7, 11) is 0. The Morgan fingerprint density at radius 3 is 2.48 bits per heavy atom. The van der Waals surface area contributed by atoms with Crippen molar-refractivity contribution in [2.45, 2.75) is 45.2 Å². The summed E-state index contributed by atoms with van der Waals surface area (Å²) in [4.78, 5) is 3.33. The van der Waals surface area contributed by atoms with Crippen molar-refractivity contribution >= 4 is 10.9 Å². The van der Waals surface area contributed by atoms with Crippen molar-refractivity contribution in [2.75, 3.05) is 0 Å². The van der Waals surface area contributed by atoms with E-state index in [2.05, 4.69) is 11.9 Å². The second-order valence-electron chi connectivity index (χ2n) is 6.41. The van der Waals surface area contributed by atoms with Crippen molar-refractivity contribution in [2.24, 2.45) is 0 Å². The third kappa shape index (κ3) is 3.89. The molecule has 1 aromatic heterocycles. The number of unbranched alkanes of at least 4 members (excludes halogenated alkanes) is 3. The zero-order chi connectivity index (χ0) is 17.9. The van der Waals surface area contributed by atoms with Crippen LogP contribution in [0.1, 0.15) is 43.7 Å². The van der Waals surface area contributed by atoms with Gasteiger partial charge in [0, 0.05) is 16.6 Å². The molecule has 0 bridgehead atoms. The van der Waals surface area contributed by atoms with Crippen LogP contribution in [-0.4, -0.2) is 4.98 Å². The highest BCUT2D eigenvalue weighted by Crippen LogP contribution is 2.35. The standard InChI is InChI=1S/C21H22F3N/c1-2-3-4-5-12-18-17-11-6-7-13-19(17)25-20(18)15-9-8-10-16(14-15)21(22,23)24/h6-11,13-14,25H,2-5,12H2,1H3. The Bertz CT molecular complexity index is 846. The third-order valence-electron chi connectivity index (χ3n) is 4.57. The van der Waals surface area contributed by atoms with Crippen molar-refractivity contribution < 1.29 is 13.2 Å². The van der Waals surface area contributed by atoms with Crippen LogP contribution in [0.25, 0.3) is 22.2 Å². The molecular weight excluding hydrogens is 323 g/mol. The maximum Gasteiger partial charge on any atom is 0.416 e. The van der Waals surface area contributed by atoms with Crippen LogP contribution < -0.4 is 0 Å². The van der Waals surface area contributed by atoms with E-state index >= 15 is 0 Å². The zero-order valence-corrected chi connectivity index (χ0v) is 14.3. The van der Waals surface area contributed by atoms with Crippen LogP contribution in [0.5, 0.6) is 0 Å². The van der Waals surface area contributed by atoms with Crippen molar-refractivity contribution in [1.29, 1.82) is 0 Å². The number of rotatable bonds is 6. The van der Waals surface area contributed by atoms with E-state index < -0.39 is 11.7 Å². The van der Waals surface area contributed by atoms with Crippen LogP contribution >= 0.6 is 0 Å². The number of halogens is 3. The fraction of sp³-hybridized carbons (Fsp3) is 0.333. The van der Waals surface area contributed by atoms with Gasteiger partial charge in [-0.15, -0.1) is 0 Å². The SMILES string of the molecule is CCCCCCc1c(-c2cccc(C(F)(F)F)c2)[nH]c2ccccc12. The van der Waals surface area contributed by atoms with Crippen LogP contribution in [0.2, 0.25) is 0 Å². The molecule has 1 heterocycles. The molecule has 0 radical (unpaired) electrons. The van der Waals surface area contributed by atoms with Crippen molar-refractivity contribution in [3.63, 3.8) is 0 Å². The number of hydrogen-bond acceptors (Lipinski definition) is 0. The Kier molecular flexibility index (Phi) is 5.16. The lowest BCUT2D eigenvalue weighted by Crippen LogP contribution is -2.04. The van der Waals surface area contributed by atoms with Crippen LogP contribution in [0, 0.1) is 0 Å². The number of fused-ring (bicyclic) bond motifs is 1. The van der Waals surface area contributed by atoms with E-state index in [1.165, 1.54) is 18.6 Å². The monoisotopic (exact) mass is 345 g/mol. The molecule has 4 heteroatoms. The Morgan fingerprint density at radius 1 is 0.920 bits per heavy atom. The average molecular weight is 345 g/mol. The van der Waals surface area contributed by atoms with Gasteiger partial charge >= 0.3 is 6.18 Å². The number of para-hydroxylation sites is 1. The van der Waals surface area contributed by atoms with E-state index in [-0.39, 0.29) is 0 Å². The quantitative estimate of drug-likeness (QED) is 0.464. The fourth-order valence-corrected chi connectivity index (χ4v) is 3.29. The van der Waals surface area contributed by atoms with Gasteiger partial charge in [0.25, 0.3) is 0 Å². The molecule has 0 saturated carbocycles. The van der Waals surface area contributed by atoms with Crippen LogP contribution in [-0.2, 0) is 12.6 Å². The molecular formula is C21H22F3N.